The van der Waals surface area contributed by atoms with Gasteiger partial charge in [-0.1, -0.05) is 13.8 Å². The monoisotopic (exact) mass is 277 g/mol. The van der Waals surface area contributed by atoms with Gasteiger partial charge in [0, 0.05) is 31.1 Å². The number of nitrogens with zero attached hydrogens (tertiary/aromatic N) is 2. The summed E-state index contributed by atoms with van der Waals surface area (Å²) < 4.78 is 1.84. The number of Topliss-reactive ketones (excluding diaryl/α,β-unsaturated/α-hetero) is 1. The largest absolute Gasteiger partial charge is 0.329 e. The van der Waals surface area contributed by atoms with E-state index in [9.17, 15) is 4.79 Å². The van der Waals surface area contributed by atoms with Gasteiger partial charge in [0.15, 0.2) is 0 Å². The predicted molar refractivity (Wildman–Crippen MR) is 80.4 cm³/mol. The molecule has 1 saturated carbocycles. The van der Waals surface area contributed by atoms with Crippen molar-refractivity contribution in [3.05, 3.63) is 17.5 Å². The van der Waals surface area contributed by atoms with Gasteiger partial charge in [-0.05, 0) is 44.1 Å². The highest BCUT2D eigenvalue weighted by Gasteiger charge is 2.39. The summed E-state index contributed by atoms with van der Waals surface area (Å²) in [6.07, 6.45) is 5.50. The Kier molecular flexibility index (Phi) is 4.63. The Morgan fingerprint density at radius 2 is 2.15 bits per heavy atom. The van der Waals surface area contributed by atoms with E-state index in [1.807, 2.05) is 17.8 Å². The number of hydrogen-bond acceptors (Lipinski definition) is 3. The molecule has 1 aliphatic rings. The molecule has 1 aromatic heterocycles. The highest BCUT2D eigenvalue weighted by molar-refractivity contribution is 5.87. The maximum Gasteiger partial charge on any atom is 0.146 e. The standard InChI is InChI=1S/C16H27N3O/c1-4-13-9-14(19(3)18-13)10-15(20)16(11-17)7-5-12(2)6-8-16/h9,12H,4-8,10-11,17H2,1-3H3. The van der Waals surface area contributed by atoms with Crippen LogP contribution in [-0.2, 0) is 24.7 Å². The van der Waals surface area contributed by atoms with Gasteiger partial charge in [0.25, 0.3) is 0 Å². The van der Waals surface area contributed by atoms with Crippen molar-refractivity contribution in [2.75, 3.05) is 6.54 Å². The van der Waals surface area contributed by atoms with E-state index < -0.39 is 0 Å². The molecule has 0 unspecified atom stereocenters. The van der Waals surface area contributed by atoms with Crippen molar-refractivity contribution in [2.24, 2.45) is 24.1 Å². The highest BCUT2D eigenvalue weighted by atomic mass is 16.1. The molecule has 1 aromatic rings. The van der Waals surface area contributed by atoms with Gasteiger partial charge in [-0.15, -0.1) is 0 Å². The lowest BCUT2D eigenvalue weighted by atomic mass is 9.67. The van der Waals surface area contributed by atoms with Gasteiger partial charge in [-0.3, -0.25) is 9.48 Å². The summed E-state index contributed by atoms with van der Waals surface area (Å²) in [4.78, 5) is 12.8. The molecular formula is C16H27N3O. The first-order valence-corrected chi connectivity index (χ1v) is 7.76. The van der Waals surface area contributed by atoms with Crippen molar-refractivity contribution >= 4 is 5.78 Å². The molecular weight excluding hydrogens is 250 g/mol. The zero-order chi connectivity index (χ0) is 14.8. The fourth-order valence-corrected chi connectivity index (χ4v) is 3.17. The smallest absolute Gasteiger partial charge is 0.146 e. The van der Waals surface area contributed by atoms with Crippen molar-refractivity contribution in [3.63, 3.8) is 0 Å². The number of hydrogen-bond donors (Lipinski definition) is 1. The number of rotatable bonds is 5. The summed E-state index contributed by atoms with van der Waals surface area (Å²) in [5.41, 5.74) is 7.74. The Balaban J connectivity index is 2.11. The summed E-state index contributed by atoms with van der Waals surface area (Å²) in [5, 5.41) is 4.42. The lowest BCUT2D eigenvalue weighted by Crippen LogP contribution is -2.42. The van der Waals surface area contributed by atoms with Crippen LogP contribution in [0.4, 0.5) is 0 Å². The molecule has 0 bridgehead atoms. The second-order valence-electron chi connectivity index (χ2n) is 6.37. The lowest BCUT2D eigenvalue weighted by molar-refractivity contribution is -0.129. The van der Waals surface area contributed by atoms with E-state index in [1.165, 1.54) is 0 Å². The third kappa shape index (κ3) is 2.95. The summed E-state index contributed by atoms with van der Waals surface area (Å²) >= 11 is 0. The number of aromatic nitrogens is 2. The summed E-state index contributed by atoms with van der Waals surface area (Å²) in [6, 6.07) is 2.05. The molecule has 20 heavy (non-hydrogen) atoms. The normalized spacial score (nSPS) is 26.7. The third-order valence-electron chi connectivity index (χ3n) is 4.94. The van der Waals surface area contributed by atoms with Gasteiger partial charge < -0.3 is 5.73 Å². The Labute approximate surface area is 121 Å². The first-order valence-electron chi connectivity index (χ1n) is 7.76. The zero-order valence-corrected chi connectivity index (χ0v) is 13.0. The molecule has 1 heterocycles. The Bertz CT molecular complexity index is 470. The van der Waals surface area contributed by atoms with Crippen LogP contribution in [0, 0.1) is 11.3 Å². The second kappa shape index (κ2) is 6.08. The second-order valence-corrected chi connectivity index (χ2v) is 6.37. The van der Waals surface area contributed by atoms with E-state index in [0.717, 1.165) is 49.4 Å². The van der Waals surface area contributed by atoms with Crippen molar-refractivity contribution < 1.29 is 4.79 Å². The van der Waals surface area contributed by atoms with Crippen LogP contribution in [0.15, 0.2) is 6.07 Å². The summed E-state index contributed by atoms with van der Waals surface area (Å²) in [6.45, 7) is 4.83. The minimum atomic E-state index is -0.289. The number of ketones is 1. The molecule has 2 N–H and O–H groups in total. The third-order valence-corrected chi connectivity index (χ3v) is 4.94. The van der Waals surface area contributed by atoms with Crippen molar-refractivity contribution in [1.29, 1.82) is 0 Å². The van der Waals surface area contributed by atoms with E-state index >= 15 is 0 Å². The van der Waals surface area contributed by atoms with E-state index in [-0.39, 0.29) is 5.41 Å². The molecule has 1 aliphatic carbocycles. The van der Waals surface area contributed by atoms with Crippen LogP contribution in [0.2, 0.25) is 0 Å². The van der Waals surface area contributed by atoms with Crippen LogP contribution in [0.1, 0.15) is 50.9 Å². The average Bonchev–Trinajstić information content (AvgIpc) is 2.80. The quantitative estimate of drug-likeness (QED) is 0.898. The molecule has 2 rings (SSSR count). The maximum atomic E-state index is 12.8. The first-order chi connectivity index (χ1) is 9.50. The van der Waals surface area contributed by atoms with Gasteiger partial charge in [0.2, 0.25) is 0 Å². The van der Waals surface area contributed by atoms with Crippen LogP contribution in [0.5, 0.6) is 0 Å². The topological polar surface area (TPSA) is 60.9 Å². The molecule has 0 atom stereocenters. The molecule has 0 saturated heterocycles. The van der Waals surface area contributed by atoms with E-state index in [2.05, 4.69) is 18.9 Å². The molecule has 0 spiro atoms. The van der Waals surface area contributed by atoms with Crippen LogP contribution in [0.25, 0.3) is 0 Å². The molecule has 4 nitrogen and oxygen atoms in total. The van der Waals surface area contributed by atoms with Gasteiger partial charge in [-0.25, -0.2) is 0 Å². The van der Waals surface area contributed by atoms with E-state index in [1.54, 1.807) is 0 Å². The maximum absolute atomic E-state index is 12.8. The number of aryl methyl sites for hydroxylation is 2. The summed E-state index contributed by atoms with van der Waals surface area (Å²) in [5.74, 6) is 1.03. The van der Waals surface area contributed by atoms with Crippen LogP contribution in [-0.4, -0.2) is 22.1 Å². The fraction of sp³-hybridized carbons (Fsp3) is 0.750. The Morgan fingerprint density at radius 3 is 2.65 bits per heavy atom. The average molecular weight is 277 g/mol. The van der Waals surface area contributed by atoms with Gasteiger partial charge in [0.1, 0.15) is 5.78 Å². The number of carbonyl (C=O) groups is 1. The molecule has 112 valence electrons. The molecule has 4 heteroatoms. The van der Waals surface area contributed by atoms with Gasteiger partial charge in [-0.2, -0.15) is 5.10 Å². The first kappa shape index (κ1) is 15.2. The number of carbonyl (C=O) groups excluding carboxylic acids is 1. The SMILES string of the molecule is CCc1cc(CC(=O)C2(CN)CCC(C)CC2)n(C)n1. The molecule has 0 aliphatic heterocycles. The highest BCUT2D eigenvalue weighted by Crippen LogP contribution is 2.39. The predicted octanol–water partition coefficient (Wildman–Crippen LogP) is 2.25. The van der Waals surface area contributed by atoms with Crippen molar-refractivity contribution in [3.8, 4) is 0 Å². The van der Waals surface area contributed by atoms with Crippen LogP contribution >= 0.6 is 0 Å². The molecule has 0 radical (unpaired) electrons. The van der Waals surface area contributed by atoms with E-state index in [4.69, 9.17) is 5.73 Å². The molecule has 0 aromatic carbocycles. The van der Waals surface area contributed by atoms with Crippen molar-refractivity contribution in [1.82, 2.24) is 9.78 Å². The lowest BCUT2D eigenvalue weighted by Gasteiger charge is -2.37. The Hall–Kier alpha value is -1.16. The minimum Gasteiger partial charge on any atom is -0.329 e. The Morgan fingerprint density at radius 1 is 1.50 bits per heavy atom. The molecule has 0 amide bonds. The van der Waals surface area contributed by atoms with Crippen LogP contribution in [0.3, 0.4) is 0 Å². The van der Waals surface area contributed by atoms with Gasteiger partial charge in [0.05, 0.1) is 5.69 Å². The van der Waals surface area contributed by atoms with Crippen molar-refractivity contribution in [2.45, 2.75) is 52.4 Å². The van der Waals surface area contributed by atoms with E-state index in [0.29, 0.717) is 18.7 Å². The minimum absolute atomic E-state index is 0.289. The zero-order valence-electron chi connectivity index (χ0n) is 13.0. The molecule has 1 fully saturated rings. The van der Waals surface area contributed by atoms with Crippen LogP contribution < -0.4 is 5.73 Å². The van der Waals surface area contributed by atoms with Gasteiger partial charge >= 0.3 is 0 Å². The number of nitrogens with two attached hydrogens (primary N) is 1. The summed E-state index contributed by atoms with van der Waals surface area (Å²) in [7, 11) is 1.92. The fourth-order valence-electron chi connectivity index (χ4n) is 3.17.